The van der Waals surface area contributed by atoms with Crippen LogP contribution in [0.2, 0.25) is 0 Å². The van der Waals surface area contributed by atoms with Crippen molar-refractivity contribution in [3.05, 3.63) is 39.8 Å². The molecule has 2 aromatic heterocycles. The minimum Gasteiger partial charge on any atom is -0.496 e. The van der Waals surface area contributed by atoms with Gasteiger partial charge in [0, 0.05) is 24.3 Å². The Morgan fingerprint density at radius 3 is 2.25 bits per heavy atom. The van der Waals surface area contributed by atoms with Crippen LogP contribution in [0.25, 0.3) is 0 Å². The number of methoxy groups -OCH3 is 1. The molecule has 168 valence electrons. The zero-order valence-corrected chi connectivity index (χ0v) is 19.5. The Kier molecular flexibility index (Phi) is 7.05. The third-order valence-electron chi connectivity index (χ3n) is 5.33. The highest BCUT2D eigenvalue weighted by Gasteiger charge is 2.29. The van der Waals surface area contributed by atoms with E-state index in [1.807, 2.05) is 24.3 Å². The largest absolute Gasteiger partial charge is 0.496 e. The van der Waals surface area contributed by atoms with Crippen LogP contribution in [0.4, 0.5) is 10.3 Å². The predicted molar refractivity (Wildman–Crippen MR) is 123 cm³/mol. The fraction of sp³-hybridized carbons (Fsp3) is 0.429. The van der Waals surface area contributed by atoms with Crippen LogP contribution in [0.1, 0.15) is 60.0 Å². The number of hydrogen-bond acceptors (Lipinski definition) is 9. The van der Waals surface area contributed by atoms with Gasteiger partial charge in [-0.05, 0) is 25.3 Å². The van der Waals surface area contributed by atoms with Gasteiger partial charge in [-0.2, -0.15) is 0 Å². The molecule has 0 spiro atoms. The summed E-state index contributed by atoms with van der Waals surface area (Å²) in [5, 5.41) is 25.3. The van der Waals surface area contributed by atoms with E-state index in [4.69, 9.17) is 4.74 Å². The van der Waals surface area contributed by atoms with Gasteiger partial charge in [0.2, 0.25) is 22.1 Å². The van der Waals surface area contributed by atoms with Crippen LogP contribution in [-0.4, -0.2) is 39.3 Å². The van der Waals surface area contributed by atoms with Gasteiger partial charge < -0.3 is 15.4 Å². The highest BCUT2D eigenvalue weighted by atomic mass is 32.1. The summed E-state index contributed by atoms with van der Waals surface area (Å²) in [5.74, 6) is 0.925. The second-order valence-electron chi connectivity index (χ2n) is 7.67. The van der Waals surface area contributed by atoms with Gasteiger partial charge in [-0.25, -0.2) is 0 Å². The van der Waals surface area contributed by atoms with Gasteiger partial charge >= 0.3 is 0 Å². The van der Waals surface area contributed by atoms with Crippen LogP contribution < -0.4 is 15.4 Å². The van der Waals surface area contributed by atoms with Crippen molar-refractivity contribution in [1.82, 2.24) is 20.4 Å². The van der Waals surface area contributed by atoms with Crippen LogP contribution in [0.15, 0.2) is 24.3 Å². The second kappa shape index (κ2) is 10.1. The molecule has 9 nitrogen and oxygen atoms in total. The number of anilines is 2. The van der Waals surface area contributed by atoms with Gasteiger partial charge in [-0.1, -0.05) is 47.3 Å². The first-order valence-electron chi connectivity index (χ1n) is 10.4. The first-order valence-corrected chi connectivity index (χ1v) is 12.0. The van der Waals surface area contributed by atoms with Crippen molar-refractivity contribution in [2.75, 3.05) is 17.7 Å². The Morgan fingerprint density at radius 2 is 1.62 bits per heavy atom. The number of benzene rings is 1. The third kappa shape index (κ3) is 5.46. The molecule has 11 heteroatoms. The van der Waals surface area contributed by atoms with Gasteiger partial charge in [-0.3, -0.25) is 9.59 Å². The maximum absolute atomic E-state index is 12.5. The Hall–Kier alpha value is -2.92. The molecule has 4 rings (SSSR count). The highest BCUT2D eigenvalue weighted by Crippen LogP contribution is 2.43. The topological polar surface area (TPSA) is 119 Å². The van der Waals surface area contributed by atoms with E-state index < -0.39 is 0 Å². The third-order valence-corrected chi connectivity index (χ3v) is 7.33. The highest BCUT2D eigenvalue weighted by molar-refractivity contribution is 7.15. The van der Waals surface area contributed by atoms with Crippen molar-refractivity contribution in [2.45, 2.75) is 50.9 Å². The summed E-state index contributed by atoms with van der Waals surface area (Å²) in [7, 11) is 1.59. The van der Waals surface area contributed by atoms with Crippen LogP contribution in [0.5, 0.6) is 5.75 Å². The SMILES string of the molecule is COc1ccccc1CC(=O)Nc1nnc(C2CCCC(c3nnc(NC(C)=O)s3)C2)s1. The van der Waals surface area contributed by atoms with E-state index in [0.29, 0.717) is 16.0 Å². The number of ether oxygens (including phenoxy) is 1. The van der Waals surface area contributed by atoms with Crippen molar-refractivity contribution >= 4 is 44.8 Å². The summed E-state index contributed by atoms with van der Waals surface area (Å²) in [6.07, 6.45) is 4.22. The number of aromatic nitrogens is 4. The molecule has 1 aliphatic rings. The van der Waals surface area contributed by atoms with Crippen molar-refractivity contribution in [2.24, 2.45) is 0 Å². The number of rotatable bonds is 7. The van der Waals surface area contributed by atoms with E-state index in [-0.39, 0.29) is 30.1 Å². The van der Waals surface area contributed by atoms with Crippen LogP contribution in [-0.2, 0) is 16.0 Å². The minimum atomic E-state index is -0.155. The summed E-state index contributed by atoms with van der Waals surface area (Å²) < 4.78 is 5.31. The maximum atomic E-state index is 12.5. The van der Waals surface area contributed by atoms with Crippen LogP contribution >= 0.6 is 22.7 Å². The van der Waals surface area contributed by atoms with Crippen molar-refractivity contribution < 1.29 is 14.3 Å². The molecule has 2 atom stereocenters. The normalized spacial score (nSPS) is 18.2. The van der Waals surface area contributed by atoms with E-state index in [1.165, 1.54) is 29.6 Å². The summed E-state index contributed by atoms with van der Waals surface area (Å²) in [4.78, 5) is 23.7. The van der Waals surface area contributed by atoms with Crippen LogP contribution in [0, 0.1) is 0 Å². The summed E-state index contributed by atoms with van der Waals surface area (Å²) >= 11 is 2.85. The number of carbonyl (C=O) groups is 2. The summed E-state index contributed by atoms with van der Waals surface area (Å²) in [6.45, 7) is 1.46. The molecule has 1 aromatic carbocycles. The Labute approximate surface area is 193 Å². The molecule has 2 amide bonds. The number of para-hydroxylation sites is 1. The van der Waals surface area contributed by atoms with Gasteiger partial charge in [0.15, 0.2) is 0 Å². The van der Waals surface area contributed by atoms with E-state index in [2.05, 4.69) is 31.0 Å². The summed E-state index contributed by atoms with van der Waals surface area (Å²) in [5.41, 5.74) is 0.822. The molecule has 2 unspecified atom stereocenters. The Bertz CT molecular complexity index is 1100. The maximum Gasteiger partial charge on any atom is 0.230 e. The number of carbonyl (C=O) groups excluding carboxylic acids is 2. The molecular formula is C21H24N6O3S2. The smallest absolute Gasteiger partial charge is 0.230 e. The molecular weight excluding hydrogens is 448 g/mol. The number of nitrogens with one attached hydrogen (secondary N) is 2. The van der Waals surface area contributed by atoms with Gasteiger partial charge in [-0.15, -0.1) is 20.4 Å². The van der Waals surface area contributed by atoms with Crippen molar-refractivity contribution in [1.29, 1.82) is 0 Å². The molecule has 1 saturated carbocycles. The lowest BCUT2D eigenvalue weighted by atomic mass is 9.82. The van der Waals surface area contributed by atoms with Crippen LogP contribution in [0.3, 0.4) is 0 Å². The molecule has 2 N–H and O–H groups in total. The lowest BCUT2D eigenvalue weighted by Gasteiger charge is -2.25. The fourth-order valence-electron chi connectivity index (χ4n) is 3.87. The molecule has 1 aliphatic carbocycles. The lowest BCUT2D eigenvalue weighted by Crippen LogP contribution is -2.14. The van der Waals surface area contributed by atoms with Crippen molar-refractivity contribution in [3.63, 3.8) is 0 Å². The molecule has 2 heterocycles. The van der Waals surface area contributed by atoms with Gasteiger partial charge in [0.25, 0.3) is 0 Å². The van der Waals surface area contributed by atoms with E-state index in [9.17, 15) is 9.59 Å². The monoisotopic (exact) mass is 472 g/mol. The Balaban J connectivity index is 1.37. The van der Waals surface area contributed by atoms with Crippen molar-refractivity contribution in [3.8, 4) is 5.75 Å². The van der Waals surface area contributed by atoms with E-state index in [0.717, 1.165) is 41.3 Å². The molecule has 0 bridgehead atoms. The molecule has 0 saturated heterocycles. The second-order valence-corrected chi connectivity index (χ2v) is 9.69. The summed E-state index contributed by atoms with van der Waals surface area (Å²) in [6, 6.07) is 7.46. The number of amides is 2. The quantitative estimate of drug-likeness (QED) is 0.534. The molecule has 0 aliphatic heterocycles. The first-order chi connectivity index (χ1) is 15.5. The fourth-order valence-corrected chi connectivity index (χ4v) is 5.72. The zero-order chi connectivity index (χ0) is 22.5. The number of nitrogens with zero attached hydrogens (tertiary/aromatic N) is 4. The molecule has 1 fully saturated rings. The lowest BCUT2D eigenvalue weighted by molar-refractivity contribution is -0.116. The zero-order valence-electron chi connectivity index (χ0n) is 17.8. The first kappa shape index (κ1) is 22.3. The Morgan fingerprint density at radius 1 is 1.00 bits per heavy atom. The minimum absolute atomic E-state index is 0.150. The molecule has 0 radical (unpaired) electrons. The molecule has 32 heavy (non-hydrogen) atoms. The standard InChI is InChI=1S/C21H24N6O3S2/c1-12(28)22-20-26-24-18(31-20)14-7-5-8-15(10-14)19-25-27-21(32-19)23-17(29)11-13-6-3-4-9-16(13)30-2/h3-4,6,9,14-15H,5,7-8,10-11H2,1-2H3,(H,22,26,28)(H,23,27,29). The molecule has 3 aromatic rings. The van der Waals surface area contributed by atoms with E-state index in [1.54, 1.807) is 7.11 Å². The average molecular weight is 473 g/mol. The van der Waals surface area contributed by atoms with Gasteiger partial charge in [0.1, 0.15) is 15.8 Å². The predicted octanol–water partition coefficient (Wildman–Crippen LogP) is 3.98. The average Bonchev–Trinajstić information content (AvgIpc) is 3.43. The van der Waals surface area contributed by atoms with Gasteiger partial charge in [0.05, 0.1) is 13.5 Å². The van der Waals surface area contributed by atoms with E-state index >= 15 is 0 Å². The number of hydrogen-bond donors (Lipinski definition) is 2.